The van der Waals surface area contributed by atoms with Crippen molar-refractivity contribution in [2.75, 3.05) is 33.7 Å². The first-order valence-electron chi connectivity index (χ1n) is 7.69. The molecule has 1 saturated heterocycles. The molecule has 1 aliphatic heterocycles. The Morgan fingerprint density at radius 1 is 1.38 bits per heavy atom. The highest BCUT2D eigenvalue weighted by Crippen LogP contribution is 2.19. The number of likely N-dealkylation sites (N-methyl/N-ethyl adjacent to an activating group) is 1. The average Bonchev–Trinajstić information content (AvgIpc) is 2.74. The van der Waals surface area contributed by atoms with Gasteiger partial charge < -0.3 is 20.2 Å². The molecule has 1 rings (SSSR count). The largest absolute Gasteiger partial charge is 0.481 e. The van der Waals surface area contributed by atoms with Crippen LogP contribution in [0.4, 0.5) is 4.79 Å². The normalized spacial score (nSPS) is 20.1. The predicted octanol–water partition coefficient (Wildman–Crippen LogP) is 1.47. The first-order valence-corrected chi connectivity index (χ1v) is 7.69. The van der Waals surface area contributed by atoms with Crippen molar-refractivity contribution >= 4 is 12.0 Å². The number of nitrogens with one attached hydrogen (secondary N) is 1. The van der Waals surface area contributed by atoms with E-state index >= 15 is 0 Å². The number of carbonyl (C=O) groups excluding carboxylic acids is 1. The number of hydrogen-bond acceptors (Lipinski definition) is 3. The molecule has 0 spiro atoms. The fourth-order valence-corrected chi connectivity index (χ4v) is 2.89. The third-order valence-electron chi connectivity index (χ3n) is 3.71. The summed E-state index contributed by atoms with van der Waals surface area (Å²) in [5.74, 6) is -0.174. The molecular formula is C15H29N3O3. The second-order valence-corrected chi connectivity index (χ2v) is 6.74. The van der Waals surface area contributed by atoms with Gasteiger partial charge in [-0.15, -0.1) is 0 Å². The van der Waals surface area contributed by atoms with Crippen LogP contribution in [-0.4, -0.2) is 66.7 Å². The van der Waals surface area contributed by atoms with Crippen LogP contribution < -0.4 is 5.32 Å². The Kier molecular flexibility index (Phi) is 6.95. The molecule has 0 bridgehead atoms. The van der Waals surface area contributed by atoms with Gasteiger partial charge in [-0.2, -0.15) is 0 Å². The maximum Gasteiger partial charge on any atom is 0.317 e. The van der Waals surface area contributed by atoms with E-state index in [1.54, 1.807) is 4.90 Å². The van der Waals surface area contributed by atoms with E-state index in [2.05, 4.69) is 24.1 Å². The Balaban J connectivity index is 2.48. The van der Waals surface area contributed by atoms with E-state index in [1.807, 2.05) is 14.1 Å². The summed E-state index contributed by atoms with van der Waals surface area (Å²) in [6.07, 6.45) is 1.87. The van der Waals surface area contributed by atoms with Crippen molar-refractivity contribution < 1.29 is 14.7 Å². The van der Waals surface area contributed by atoms with Crippen LogP contribution in [0.2, 0.25) is 0 Å². The molecule has 0 aromatic rings. The molecule has 0 aromatic heterocycles. The van der Waals surface area contributed by atoms with E-state index in [-0.39, 0.29) is 24.4 Å². The topological polar surface area (TPSA) is 72.9 Å². The van der Waals surface area contributed by atoms with Gasteiger partial charge in [-0.1, -0.05) is 13.8 Å². The van der Waals surface area contributed by atoms with E-state index in [9.17, 15) is 9.59 Å². The van der Waals surface area contributed by atoms with Crippen LogP contribution in [0.3, 0.4) is 0 Å². The van der Waals surface area contributed by atoms with Crippen molar-refractivity contribution in [2.45, 2.75) is 39.2 Å². The number of rotatable bonds is 7. The lowest BCUT2D eigenvalue weighted by molar-refractivity contribution is -0.138. The van der Waals surface area contributed by atoms with Gasteiger partial charge in [0.1, 0.15) is 0 Å². The molecule has 21 heavy (non-hydrogen) atoms. The summed E-state index contributed by atoms with van der Waals surface area (Å²) in [5.41, 5.74) is 0. The average molecular weight is 299 g/mol. The van der Waals surface area contributed by atoms with Crippen LogP contribution in [-0.2, 0) is 4.79 Å². The van der Waals surface area contributed by atoms with Crippen LogP contribution >= 0.6 is 0 Å². The molecule has 1 fully saturated rings. The molecular weight excluding hydrogens is 270 g/mol. The third-order valence-corrected chi connectivity index (χ3v) is 3.71. The predicted molar refractivity (Wildman–Crippen MR) is 82.3 cm³/mol. The van der Waals surface area contributed by atoms with Crippen LogP contribution in [0.5, 0.6) is 0 Å². The lowest BCUT2D eigenvalue weighted by Gasteiger charge is -2.26. The van der Waals surface area contributed by atoms with Gasteiger partial charge in [0.25, 0.3) is 0 Å². The molecule has 1 aliphatic rings. The summed E-state index contributed by atoms with van der Waals surface area (Å²) in [7, 11) is 4.00. The smallest absolute Gasteiger partial charge is 0.317 e. The number of carboxylic acids is 1. The number of nitrogens with zero attached hydrogens (tertiary/aromatic N) is 2. The molecule has 2 unspecified atom stereocenters. The fraction of sp³-hybridized carbons (Fsp3) is 0.867. The Labute approximate surface area is 127 Å². The quantitative estimate of drug-likeness (QED) is 0.746. The number of urea groups is 1. The lowest BCUT2D eigenvalue weighted by Crippen LogP contribution is -2.48. The van der Waals surface area contributed by atoms with Crippen molar-refractivity contribution in [2.24, 2.45) is 11.8 Å². The van der Waals surface area contributed by atoms with Gasteiger partial charge in [-0.25, -0.2) is 4.79 Å². The van der Waals surface area contributed by atoms with E-state index in [0.717, 1.165) is 19.4 Å². The first-order chi connectivity index (χ1) is 9.77. The molecule has 122 valence electrons. The van der Waals surface area contributed by atoms with Crippen LogP contribution in [0.15, 0.2) is 0 Å². The van der Waals surface area contributed by atoms with Crippen molar-refractivity contribution in [3.8, 4) is 0 Å². The third kappa shape index (κ3) is 6.80. The van der Waals surface area contributed by atoms with Gasteiger partial charge in [-0.3, -0.25) is 4.79 Å². The van der Waals surface area contributed by atoms with E-state index in [0.29, 0.717) is 19.0 Å². The Morgan fingerprint density at radius 3 is 2.57 bits per heavy atom. The maximum atomic E-state index is 12.3. The fourth-order valence-electron chi connectivity index (χ4n) is 2.89. The summed E-state index contributed by atoms with van der Waals surface area (Å²) in [5, 5.41) is 11.9. The van der Waals surface area contributed by atoms with Crippen LogP contribution in [0.1, 0.15) is 33.1 Å². The molecule has 6 nitrogen and oxygen atoms in total. The van der Waals surface area contributed by atoms with Gasteiger partial charge in [0, 0.05) is 32.1 Å². The summed E-state index contributed by atoms with van der Waals surface area (Å²) < 4.78 is 0. The monoisotopic (exact) mass is 299 g/mol. The molecule has 2 N–H and O–H groups in total. The minimum Gasteiger partial charge on any atom is -0.481 e. The van der Waals surface area contributed by atoms with Crippen molar-refractivity contribution in [1.29, 1.82) is 0 Å². The highest BCUT2D eigenvalue weighted by molar-refractivity contribution is 5.75. The number of amides is 2. The van der Waals surface area contributed by atoms with Gasteiger partial charge in [0.2, 0.25) is 0 Å². The SMILES string of the molecule is CC(C)CC(CN(C)C)NC(=O)N1CCC(CC(=O)O)C1. The van der Waals surface area contributed by atoms with Gasteiger partial charge in [-0.05, 0) is 38.8 Å². The molecule has 1 heterocycles. The number of hydrogen-bond donors (Lipinski definition) is 2. The molecule has 0 radical (unpaired) electrons. The molecule has 6 heteroatoms. The van der Waals surface area contributed by atoms with E-state index < -0.39 is 5.97 Å². The summed E-state index contributed by atoms with van der Waals surface area (Å²) in [6, 6.07) is 0.0708. The Bertz CT molecular complexity index is 348. The van der Waals surface area contributed by atoms with Crippen molar-refractivity contribution in [3.05, 3.63) is 0 Å². The van der Waals surface area contributed by atoms with E-state index in [4.69, 9.17) is 5.11 Å². The first kappa shape index (κ1) is 17.8. The maximum absolute atomic E-state index is 12.3. The summed E-state index contributed by atoms with van der Waals surface area (Å²) >= 11 is 0. The zero-order valence-electron chi connectivity index (χ0n) is 13.6. The standard InChI is InChI=1S/C15H29N3O3/c1-11(2)7-13(10-17(3)4)16-15(21)18-6-5-12(9-18)8-14(19)20/h11-13H,5-10H2,1-4H3,(H,16,21)(H,19,20). The van der Waals surface area contributed by atoms with Gasteiger partial charge in [0.05, 0.1) is 0 Å². The zero-order chi connectivity index (χ0) is 16.0. The van der Waals surface area contributed by atoms with Crippen molar-refractivity contribution in [3.63, 3.8) is 0 Å². The molecule has 2 atom stereocenters. The second kappa shape index (κ2) is 8.22. The lowest BCUT2D eigenvalue weighted by atomic mass is 10.0. The van der Waals surface area contributed by atoms with Crippen LogP contribution in [0.25, 0.3) is 0 Å². The highest BCUT2D eigenvalue weighted by Gasteiger charge is 2.28. The van der Waals surface area contributed by atoms with Gasteiger partial charge >= 0.3 is 12.0 Å². The number of likely N-dealkylation sites (tertiary alicyclic amines) is 1. The molecule has 0 aromatic carbocycles. The summed E-state index contributed by atoms with van der Waals surface area (Å²) in [4.78, 5) is 26.8. The minimum absolute atomic E-state index is 0.0598. The molecule has 2 amide bonds. The molecule has 0 saturated carbocycles. The zero-order valence-corrected chi connectivity index (χ0v) is 13.6. The number of carboxylic acid groups (broad SMARTS) is 1. The Hall–Kier alpha value is -1.30. The van der Waals surface area contributed by atoms with Crippen molar-refractivity contribution in [1.82, 2.24) is 15.1 Å². The Morgan fingerprint density at radius 2 is 2.05 bits per heavy atom. The van der Waals surface area contributed by atoms with E-state index in [1.165, 1.54) is 0 Å². The second-order valence-electron chi connectivity index (χ2n) is 6.74. The number of aliphatic carboxylic acids is 1. The minimum atomic E-state index is -0.785. The van der Waals surface area contributed by atoms with Gasteiger partial charge in [0.15, 0.2) is 0 Å². The highest BCUT2D eigenvalue weighted by atomic mass is 16.4. The van der Waals surface area contributed by atoms with Crippen LogP contribution in [0, 0.1) is 11.8 Å². The number of carbonyl (C=O) groups is 2. The molecule has 0 aliphatic carbocycles. The summed E-state index contributed by atoms with van der Waals surface area (Å²) in [6.45, 7) is 6.31.